The maximum Gasteiger partial charge on any atom is 0.331 e. The van der Waals surface area contributed by atoms with Crippen LogP contribution in [0.4, 0.5) is 0 Å². The molecule has 0 heterocycles. The number of ether oxygens (including phenoxy) is 6. The van der Waals surface area contributed by atoms with Gasteiger partial charge in [-0.1, -0.05) is 0 Å². The van der Waals surface area contributed by atoms with Crippen molar-refractivity contribution in [1.29, 1.82) is 0 Å². The molecule has 0 aliphatic carbocycles. The summed E-state index contributed by atoms with van der Waals surface area (Å²) in [7, 11) is 7.94. The van der Waals surface area contributed by atoms with E-state index < -0.39 is 12.0 Å². The van der Waals surface area contributed by atoms with E-state index in [-0.39, 0.29) is 12.4 Å². The molecule has 0 aliphatic rings. The summed E-state index contributed by atoms with van der Waals surface area (Å²) in [5.41, 5.74) is 0.938. The van der Waals surface area contributed by atoms with Gasteiger partial charge in [0.2, 0.25) is 5.75 Å². The highest BCUT2D eigenvalue weighted by Crippen LogP contribution is 2.38. The van der Waals surface area contributed by atoms with E-state index in [0.29, 0.717) is 37.8 Å². The number of carbonyl (C=O) groups is 1. The molecular weight excluding hydrogens is 378 g/mol. The van der Waals surface area contributed by atoms with Crippen molar-refractivity contribution in [3.63, 3.8) is 0 Å². The van der Waals surface area contributed by atoms with Crippen LogP contribution < -0.4 is 14.2 Å². The summed E-state index contributed by atoms with van der Waals surface area (Å²) in [5, 5.41) is 0. The fraction of sp³-hybridized carbons (Fsp3) is 0.667. The monoisotopic (exact) mass is 413 g/mol. The summed E-state index contributed by atoms with van der Waals surface area (Å²) in [6.07, 6.45) is 1.57. The van der Waals surface area contributed by atoms with Crippen molar-refractivity contribution in [2.75, 3.05) is 68.5 Å². The van der Waals surface area contributed by atoms with Crippen LogP contribution in [-0.4, -0.2) is 85.4 Å². The summed E-state index contributed by atoms with van der Waals surface area (Å²) in [4.78, 5) is 15.2. The first kappa shape index (κ1) is 25.2. The van der Waals surface area contributed by atoms with Crippen LogP contribution in [0.1, 0.15) is 18.4 Å². The fourth-order valence-electron chi connectivity index (χ4n) is 3.01. The zero-order valence-electron chi connectivity index (χ0n) is 18.5. The number of methoxy groups -OCH3 is 5. The van der Waals surface area contributed by atoms with Gasteiger partial charge in [0.15, 0.2) is 11.5 Å². The van der Waals surface area contributed by atoms with E-state index in [0.717, 1.165) is 18.4 Å². The van der Waals surface area contributed by atoms with Crippen LogP contribution in [0.5, 0.6) is 17.2 Å². The Morgan fingerprint density at radius 1 is 0.897 bits per heavy atom. The third-order valence-electron chi connectivity index (χ3n) is 4.43. The minimum absolute atomic E-state index is 0.204. The number of rotatable bonds is 15. The average Bonchev–Trinajstić information content (AvgIpc) is 2.72. The maximum absolute atomic E-state index is 13.1. The van der Waals surface area contributed by atoms with Crippen LogP contribution in [0.15, 0.2) is 12.1 Å². The zero-order valence-corrected chi connectivity index (χ0v) is 18.5. The van der Waals surface area contributed by atoms with E-state index in [1.165, 1.54) is 14.2 Å². The summed E-state index contributed by atoms with van der Waals surface area (Å²) in [6, 6.07) is 3.01. The Labute approximate surface area is 174 Å². The van der Waals surface area contributed by atoms with Crippen molar-refractivity contribution in [1.82, 2.24) is 4.90 Å². The van der Waals surface area contributed by atoms with Crippen LogP contribution >= 0.6 is 0 Å². The lowest BCUT2D eigenvalue weighted by molar-refractivity contribution is -0.143. The molecule has 8 nitrogen and oxygen atoms in total. The molecule has 1 atom stereocenters. The normalized spacial score (nSPS) is 12.1. The van der Waals surface area contributed by atoms with Crippen LogP contribution in [0, 0.1) is 6.92 Å². The van der Waals surface area contributed by atoms with E-state index in [1.54, 1.807) is 33.5 Å². The highest BCUT2D eigenvalue weighted by atomic mass is 16.6. The molecule has 0 fully saturated rings. The molecular formula is C21H35NO7. The minimum Gasteiger partial charge on any atom is -0.493 e. The van der Waals surface area contributed by atoms with E-state index in [9.17, 15) is 4.79 Å². The van der Waals surface area contributed by atoms with E-state index >= 15 is 0 Å². The van der Waals surface area contributed by atoms with Gasteiger partial charge in [0.05, 0.1) is 20.8 Å². The maximum atomic E-state index is 13.1. The number of hydrogen-bond acceptors (Lipinski definition) is 8. The molecule has 0 bridgehead atoms. The smallest absolute Gasteiger partial charge is 0.331 e. The molecule has 8 heteroatoms. The Kier molecular flexibility index (Phi) is 12.3. The Bertz CT molecular complexity index is 574. The predicted molar refractivity (Wildman–Crippen MR) is 110 cm³/mol. The third-order valence-corrected chi connectivity index (χ3v) is 4.43. The molecule has 0 radical (unpaired) electrons. The molecule has 0 saturated carbocycles. The van der Waals surface area contributed by atoms with Gasteiger partial charge in [0, 0.05) is 47.6 Å². The summed E-state index contributed by atoms with van der Waals surface area (Å²) in [6.45, 7) is 4.67. The number of nitrogens with zero attached hydrogens (tertiary/aromatic N) is 1. The van der Waals surface area contributed by atoms with Crippen molar-refractivity contribution in [3.8, 4) is 17.2 Å². The number of benzene rings is 1. The second-order valence-electron chi connectivity index (χ2n) is 6.62. The summed E-state index contributed by atoms with van der Waals surface area (Å²) < 4.78 is 32.2. The van der Waals surface area contributed by atoms with E-state index in [2.05, 4.69) is 0 Å². The summed E-state index contributed by atoms with van der Waals surface area (Å²) in [5.74, 6) is 0.718. The first-order valence-corrected chi connectivity index (χ1v) is 9.67. The van der Waals surface area contributed by atoms with Crippen LogP contribution in [0.3, 0.4) is 0 Å². The van der Waals surface area contributed by atoms with Crippen molar-refractivity contribution in [2.45, 2.75) is 25.8 Å². The quantitative estimate of drug-likeness (QED) is 0.246. The molecule has 0 saturated heterocycles. The summed E-state index contributed by atoms with van der Waals surface area (Å²) >= 11 is 0. The Morgan fingerprint density at radius 3 is 1.83 bits per heavy atom. The first-order chi connectivity index (χ1) is 14.0. The molecule has 1 aromatic rings. The van der Waals surface area contributed by atoms with Gasteiger partial charge in [-0.15, -0.1) is 0 Å². The van der Waals surface area contributed by atoms with Crippen molar-refractivity contribution < 1.29 is 33.2 Å². The Morgan fingerprint density at radius 2 is 1.41 bits per heavy atom. The van der Waals surface area contributed by atoms with Gasteiger partial charge in [0.1, 0.15) is 6.04 Å². The molecule has 0 spiro atoms. The van der Waals surface area contributed by atoms with Gasteiger partial charge in [-0.05, 0) is 37.5 Å². The van der Waals surface area contributed by atoms with Gasteiger partial charge < -0.3 is 28.4 Å². The highest BCUT2D eigenvalue weighted by molar-refractivity contribution is 5.80. The second kappa shape index (κ2) is 14.2. The SMILES string of the molecule is COCCCN(CCCOC)C(COC)C(=O)Oc1c(OC)cc(C)cc1OC. The number of esters is 1. The van der Waals surface area contributed by atoms with Gasteiger partial charge in [-0.3, -0.25) is 4.90 Å². The van der Waals surface area contributed by atoms with Crippen LogP contribution in [0.2, 0.25) is 0 Å². The van der Waals surface area contributed by atoms with Gasteiger partial charge in [-0.2, -0.15) is 0 Å². The molecule has 166 valence electrons. The second-order valence-corrected chi connectivity index (χ2v) is 6.62. The van der Waals surface area contributed by atoms with Gasteiger partial charge in [0.25, 0.3) is 0 Å². The van der Waals surface area contributed by atoms with E-state index in [4.69, 9.17) is 28.4 Å². The third kappa shape index (κ3) is 8.18. The number of carbonyl (C=O) groups excluding carboxylic acids is 1. The van der Waals surface area contributed by atoms with Crippen molar-refractivity contribution in [3.05, 3.63) is 17.7 Å². The molecule has 29 heavy (non-hydrogen) atoms. The molecule has 0 aromatic heterocycles. The Balaban J connectivity index is 3.06. The largest absolute Gasteiger partial charge is 0.493 e. The van der Waals surface area contributed by atoms with E-state index in [1.807, 2.05) is 11.8 Å². The lowest BCUT2D eigenvalue weighted by atomic mass is 10.2. The van der Waals surface area contributed by atoms with Crippen LogP contribution in [0.25, 0.3) is 0 Å². The molecule has 0 N–H and O–H groups in total. The van der Waals surface area contributed by atoms with Crippen molar-refractivity contribution in [2.24, 2.45) is 0 Å². The number of hydrogen-bond donors (Lipinski definition) is 0. The van der Waals surface area contributed by atoms with Gasteiger partial charge in [-0.25, -0.2) is 4.79 Å². The standard InChI is InChI=1S/C21H35NO7/c1-16-13-18(27-5)20(19(14-16)28-6)29-21(23)17(15-26-4)22(9-7-11-24-2)10-8-12-25-3/h13-14,17H,7-12,15H2,1-6H3. The fourth-order valence-corrected chi connectivity index (χ4v) is 3.01. The Hall–Kier alpha value is -1.87. The van der Waals surface area contributed by atoms with Gasteiger partial charge >= 0.3 is 5.97 Å². The molecule has 0 aliphatic heterocycles. The molecule has 0 amide bonds. The predicted octanol–water partition coefficient (Wildman–Crippen LogP) is 2.31. The first-order valence-electron chi connectivity index (χ1n) is 9.67. The topological polar surface area (TPSA) is 75.7 Å². The highest BCUT2D eigenvalue weighted by Gasteiger charge is 2.29. The lowest BCUT2D eigenvalue weighted by Crippen LogP contribution is -2.47. The number of aryl methyl sites for hydroxylation is 1. The minimum atomic E-state index is -0.579. The van der Waals surface area contributed by atoms with Crippen LogP contribution in [-0.2, 0) is 19.0 Å². The molecule has 1 unspecified atom stereocenters. The lowest BCUT2D eigenvalue weighted by Gasteiger charge is -2.30. The van der Waals surface area contributed by atoms with Crippen molar-refractivity contribution >= 4 is 5.97 Å². The zero-order chi connectivity index (χ0) is 21.6. The molecule has 1 rings (SSSR count). The molecule has 1 aromatic carbocycles. The average molecular weight is 414 g/mol.